The molecule has 0 spiro atoms. The van der Waals surface area contributed by atoms with Crippen molar-refractivity contribution in [1.29, 1.82) is 0 Å². The van der Waals surface area contributed by atoms with Gasteiger partial charge in [0.2, 0.25) is 0 Å². The summed E-state index contributed by atoms with van der Waals surface area (Å²) in [5, 5.41) is 0. The molecule has 4 aliphatic carbocycles. The maximum Gasteiger partial charge on any atom is -0.0264 e. The van der Waals surface area contributed by atoms with Crippen LogP contribution in [-0.2, 0) is 0 Å². The van der Waals surface area contributed by atoms with Gasteiger partial charge >= 0.3 is 0 Å². The van der Waals surface area contributed by atoms with Crippen LogP contribution in [0, 0.1) is 46.3 Å². The lowest BCUT2D eigenvalue weighted by atomic mass is 9.43. The van der Waals surface area contributed by atoms with Crippen LogP contribution in [-0.4, -0.2) is 0 Å². The van der Waals surface area contributed by atoms with Crippen LogP contribution >= 0.6 is 0 Å². The van der Waals surface area contributed by atoms with Crippen LogP contribution in [0.3, 0.4) is 0 Å². The lowest BCUT2D eigenvalue weighted by Crippen LogP contribution is -2.54. The van der Waals surface area contributed by atoms with E-state index in [1.807, 2.05) is 0 Å². The molecule has 0 heteroatoms. The van der Waals surface area contributed by atoms with E-state index in [2.05, 4.69) is 27.7 Å². The van der Waals surface area contributed by atoms with Crippen molar-refractivity contribution < 1.29 is 0 Å². The first-order chi connectivity index (χ1) is 9.97. The molecule has 0 heterocycles. The standard InChI is InChI=1S/C21H36/c1-14-13-16-18-9-8-15(2)20(18,3)12-10-19(16)21(4)11-6-5-7-17(14)21/h14-19H,5-13H2,1-4H3/t14-,15-,16+,17?,18+,19+,20-,21+/m1/s1. The van der Waals surface area contributed by atoms with Crippen molar-refractivity contribution in [3.8, 4) is 0 Å². The van der Waals surface area contributed by atoms with Gasteiger partial charge in [0.25, 0.3) is 0 Å². The van der Waals surface area contributed by atoms with E-state index in [9.17, 15) is 0 Å². The molecule has 0 aliphatic heterocycles. The van der Waals surface area contributed by atoms with Crippen LogP contribution in [0.4, 0.5) is 0 Å². The Labute approximate surface area is 132 Å². The fourth-order valence-electron chi connectivity index (χ4n) is 8.07. The summed E-state index contributed by atoms with van der Waals surface area (Å²) < 4.78 is 0. The SMILES string of the molecule is C[C@@H]1C[C@H]2[C@@H]3CC[C@@H](C)[C@@]3(C)CC[C@@H]2[C@@]2(C)CCCCC12. The van der Waals surface area contributed by atoms with Gasteiger partial charge in [-0.2, -0.15) is 0 Å². The Hall–Kier alpha value is 0. The van der Waals surface area contributed by atoms with E-state index in [0.29, 0.717) is 10.8 Å². The third-order valence-electron chi connectivity index (χ3n) is 9.42. The highest BCUT2D eigenvalue weighted by atomic mass is 14.6. The first-order valence-corrected chi connectivity index (χ1v) is 9.97. The molecule has 120 valence electrons. The van der Waals surface area contributed by atoms with Crippen LogP contribution in [0.2, 0.25) is 0 Å². The molecule has 4 aliphatic rings. The van der Waals surface area contributed by atoms with Gasteiger partial charge in [0, 0.05) is 0 Å². The minimum atomic E-state index is 0.693. The predicted molar refractivity (Wildman–Crippen MR) is 90.1 cm³/mol. The molecular weight excluding hydrogens is 252 g/mol. The third-order valence-corrected chi connectivity index (χ3v) is 9.42. The zero-order valence-electron chi connectivity index (χ0n) is 14.8. The summed E-state index contributed by atoms with van der Waals surface area (Å²) in [4.78, 5) is 0. The van der Waals surface area contributed by atoms with Crippen molar-refractivity contribution in [3.63, 3.8) is 0 Å². The fraction of sp³-hybridized carbons (Fsp3) is 1.00. The average molecular weight is 289 g/mol. The summed E-state index contributed by atoms with van der Waals surface area (Å²) in [6, 6.07) is 0. The van der Waals surface area contributed by atoms with Crippen molar-refractivity contribution >= 4 is 0 Å². The van der Waals surface area contributed by atoms with Gasteiger partial charge in [-0.15, -0.1) is 0 Å². The van der Waals surface area contributed by atoms with Gasteiger partial charge in [0.05, 0.1) is 0 Å². The van der Waals surface area contributed by atoms with Gasteiger partial charge < -0.3 is 0 Å². The number of rotatable bonds is 0. The first-order valence-electron chi connectivity index (χ1n) is 9.97. The summed E-state index contributed by atoms with van der Waals surface area (Å²) in [6.07, 6.45) is 13.8. The summed E-state index contributed by atoms with van der Waals surface area (Å²) in [6.45, 7) is 10.5. The minimum Gasteiger partial charge on any atom is -0.0622 e. The summed E-state index contributed by atoms with van der Waals surface area (Å²) >= 11 is 0. The maximum absolute atomic E-state index is 2.71. The molecule has 0 nitrogen and oxygen atoms in total. The van der Waals surface area contributed by atoms with Crippen molar-refractivity contribution in [2.75, 3.05) is 0 Å². The molecule has 0 N–H and O–H groups in total. The minimum absolute atomic E-state index is 0.693. The number of hydrogen-bond donors (Lipinski definition) is 0. The van der Waals surface area contributed by atoms with Crippen LogP contribution in [0.1, 0.15) is 85.5 Å². The highest BCUT2D eigenvalue weighted by Crippen LogP contribution is 2.68. The Morgan fingerprint density at radius 1 is 0.714 bits per heavy atom. The molecule has 4 rings (SSSR count). The zero-order valence-corrected chi connectivity index (χ0v) is 14.8. The Bertz CT molecular complexity index is 412. The van der Waals surface area contributed by atoms with Crippen molar-refractivity contribution in [2.45, 2.75) is 85.5 Å². The Morgan fingerprint density at radius 2 is 1.48 bits per heavy atom. The van der Waals surface area contributed by atoms with Crippen LogP contribution < -0.4 is 0 Å². The van der Waals surface area contributed by atoms with Gasteiger partial charge in [0.15, 0.2) is 0 Å². The smallest absolute Gasteiger partial charge is 0.0264 e. The molecule has 0 amide bonds. The topological polar surface area (TPSA) is 0 Å². The van der Waals surface area contributed by atoms with E-state index < -0.39 is 0 Å². The molecule has 0 aromatic rings. The molecule has 4 saturated carbocycles. The first kappa shape index (κ1) is 14.6. The highest BCUT2D eigenvalue weighted by molar-refractivity contribution is 5.09. The van der Waals surface area contributed by atoms with Gasteiger partial charge in [0.1, 0.15) is 0 Å². The summed E-state index contributed by atoms with van der Waals surface area (Å²) in [5.41, 5.74) is 1.40. The molecular formula is C21H36. The van der Waals surface area contributed by atoms with E-state index in [1.165, 1.54) is 25.7 Å². The molecule has 1 unspecified atom stereocenters. The molecule has 0 bridgehead atoms. The largest absolute Gasteiger partial charge is 0.0622 e. The van der Waals surface area contributed by atoms with E-state index in [1.54, 1.807) is 32.1 Å². The second-order valence-corrected chi connectivity index (χ2v) is 9.97. The fourth-order valence-corrected chi connectivity index (χ4v) is 8.07. The maximum atomic E-state index is 2.71. The Morgan fingerprint density at radius 3 is 2.29 bits per heavy atom. The highest BCUT2D eigenvalue weighted by Gasteiger charge is 2.60. The number of hydrogen-bond acceptors (Lipinski definition) is 0. The van der Waals surface area contributed by atoms with E-state index >= 15 is 0 Å². The van der Waals surface area contributed by atoms with Crippen molar-refractivity contribution in [2.24, 2.45) is 46.3 Å². The number of fused-ring (bicyclic) bond motifs is 5. The molecule has 21 heavy (non-hydrogen) atoms. The van der Waals surface area contributed by atoms with Crippen LogP contribution in [0.15, 0.2) is 0 Å². The Balaban J connectivity index is 1.68. The third kappa shape index (κ3) is 1.86. The molecule has 4 fully saturated rings. The van der Waals surface area contributed by atoms with Crippen molar-refractivity contribution in [1.82, 2.24) is 0 Å². The average Bonchev–Trinajstić information content (AvgIpc) is 2.75. The van der Waals surface area contributed by atoms with Crippen molar-refractivity contribution in [3.05, 3.63) is 0 Å². The molecule has 0 saturated heterocycles. The van der Waals surface area contributed by atoms with Crippen LogP contribution in [0.25, 0.3) is 0 Å². The summed E-state index contributed by atoms with van der Waals surface area (Å²) in [7, 11) is 0. The second kappa shape index (κ2) is 4.75. The Kier molecular flexibility index (Phi) is 3.30. The quantitative estimate of drug-likeness (QED) is 0.490. The van der Waals surface area contributed by atoms with Gasteiger partial charge in [-0.25, -0.2) is 0 Å². The molecule has 0 aromatic carbocycles. The van der Waals surface area contributed by atoms with Gasteiger partial charge in [-0.1, -0.05) is 40.5 Å². The molecule has 8 atom stereocenters. The van der Waals surface area contributed by atoms with E-state index in [-0.39, 0.29) is 0 Å². The lowest BCUT2D eigenvalue weighted by molar-refractivity contribution is -0.130. The van der Waals surface area contributed by atoms with Gasteiger partial charge in [-0.3, -0.25) is 0 Å². The molecule has 0 radical (unpaired) electrons. The van der Waals surface area contributed by atoms with E-state index in [4.69, 9.17) is 0 Å². The van der Waals surface area contributed by atoms with Crippen LogP contribution in [0.5, 0.6) is 0 Å². The van der Waals surface area contributed by atoms with E-state index in [0.717, 1.165) is 35.5 Å². The van der Waals surface area contributed by atoms with Gasteiger partial charge in [-0.05, 0) is 91.3 Å². The predicted octanol–water partition coefficient (Wildman–Crippen LogP) is 6.30. The monoisotopic (exact) mass is 288 g/mol. The normalized spacial score (nSPS) is 60.0. The zero-order chi connectivity index (χ0) is 14.8. The molecule has 0 aromatic heterocycles. The lowest BCUT2D eigenvalue weighted by Gasteiger charge is -2.62. The second-order valence-electron chi connectivity index (χ2n) is 9.97. The summed E-state index contributed by atoms with van der Waals surface area (Å²) in [5.74, 6) is 6.24.